The van der Waals surface area contributed by atoms with E-state index in [0.29, 0.717) is 0 Å². The molecule has 0 aliphatic carbocycles. The van der Waals surface area contributed by atoms with Crippen molar-refractivity contribution in [2.45, 2.75) is 19.9 Å². The van der Waals surface area contributed by atoms with E-state index in [1.54, 1.807) is 14.2 Å². The second-order valence-electron chi connectivity index (χ2n) is 12.6. The lowest BCUT2D eigenvalue weighted by atomic mass is 9.84. The van der Waals surface area contributed by atoms with Crippen LogP contribution in [0.25, 0.3) is 44.3 Å². The van der Waals surface area contributed by atoms with Crippen LogP contribution < -0.4 is 14.0 Å². The van der Waals surface area contributed by atoms with Crippen molar-refractivity contribution >= 4 is 29.2 Å². The number of hydrogen-bond donors (Lipinski definition) is 0. The maximum absolute atomic E-state index is 9.75. The topological polar surface area (TPSA) is 22.3 Å². The van der Waals surface area contributed by atoms with Gasteiger partial charge in [-0.15, -0.1) is 0 Å². The van der Waals surface area contributed by atoms with Crippen LogP contribution in [-0.4, -0.2) is 21.5 Å². The Morgan fingerprint density at radius 3 is 1.44 bits per heavy atom. The van der Waals surface area contributed by atoms with E-state index in [0.717, 1.165) is 57.9 Å². The number of aryl methyl sites for hydroxylation is 1. The van der Waals surface area contributed by atoms with Crippen molar-refractivity contribution in [1.82, 2.24) is 0 Å². The van der Waals surface area contributed by atoms with Gasteiger partial charge in [-0.25, -0.2) is 0 Å². The van der Waals surface area contributed by atoms with Gasteiger partial charge in [-0.3, -0.25) is 0 Å². The molecular weight excluding hydrogens is 685 g/mol. The summed E-state index contributed by atoms with van der Waals surface area (Å²) >= 11 is 0. The maximum atomic E-state index is 9.75. The number of nitrogens with zero attached hydrogens (tertiary/aromatic N) is 1. The largest absolute Gasteiger partial charge is 0.673 e. The third-order valence-electron chi connectivity index (χ3n) is 9.07. The smallest absolute Gasteiger partial charge is 0.497 e. The fourth-order valence-corrected chi connectivity index (χ4v) is 6.80. The zero-order valence-corrected chi connectivity index (χ0v) is 30.4. The second-order valence-corrected chi connectivity index (χ2v) is 12.6. The number of pyridine rings is 1. The molecule has 0 aliphatic rings. The minimum absolute atomic E-state index is 0.825. The minimum atomic E-state index is -6.00. The molecule has 0 radical (unpaired) electrons. The summed E-state index contributed by atoms with van der Waals surface area (Å²) in [5.41, 5.74) is 11.7. The molecule has 3 nitrogen and oxygen atoms in total. The molecule has 0 aliphatic heterocycles. The zero-order chi connectivity index (χ0) is 38.1. The van der Waals surface area contributed by atoms with Gasteiger partial charge in [0.15, 0.2) is 6.20 Å². The fourth-order valence-electron chi connectivity index (χ4n) is 6.80. The first-order valence-electron chi connectivity index (χ1n) is 17.8. The molecule has 272 valence electrons. The summed E-state index contributed by atoms with van der Waals surface area (Å²) in [6, 6.07) is 56.1. The second kappa shape index (κ2) is 17.1. The minimum Gasteiger partial charge on any atom is -0.497 e. The lowest BCUT2D eigenvalue weighted by molar-refractivity contribution is -0.684. The molecule has 1 aromatic heterocycles. The van der Waals surface area contributed by atoms with Crippen molar-refractivity contribution in [1.29, 1.82) is 0 Å². The molecule has 8 heteroatoms. The molecule has 54 heavy (non-hydrogen) atoms. The summed E-state index contributed by atoms with van der Waals surface area (Å²) in [5.74, 6) is 1.65. The highest BCUT2D eigenvalue weighted by Gasteiger charge is 2.25. The van der Waals surface area contributed by atoms with Crippen molar-refractivity contribution < 1.29 is 31.3 Å². The first-order chi connectivity index (χ1) is 26.2. The number of benzene rings is 6. The highest BCUT2D eigenvalue weighted by atomic mass is 19.5. The highest BCUT2D eigenvalue weighted by Crippen LogP contribution is 2.41. The summed E-state index contributed by atoms with van der Waals surface area (Å²) in [5, 5.41) is 2.42. The average molecular weight is 726 g/mol. The summed E-state index contributed by atoms with van der Waals surface area (Å²) in [7, 11) is -2.59. The monoisotopic (exact) mass is 725 g/mol. The van der Waals surface area contributed by atoms with Crippen LogP contribution in [0.3, 0.4) is 0 Å². The van der Waals surface area contributed by atoms with Gasteiger partial charge in [-0.2, -0.15) is 4.57 Å². The Kier molecular flexibility index (Phi) is 11.9. The molecule has 0 saturated heterocycles. The Balaban J connectivity index is 0.000000934. The Morgan fingerprint density at radius 1 is 0.537 bits per heavy atom. The predicted molar refractivity (Wildman–Crippen MR) is 213 cm³/mol. The summed E-state index contributed by atoms with van der Waals surface area (Å²) in [4.78, 5) is 0. The van der Waals surface area contributed by atoms with E-state index in [4.69, 9.17) is 9.47 Å². The Morgan fingerprint density at radius 2 is 0.963 bits per heavy atom. The first-order valence-corrected chi connectivity index (χ1v) is 17.8. The van der Waals surface area contributed by atoms with E-state index in [2.05, 4.69) is 151 Å². The van der Waals surface area contributed by atoms with E-state index in [-0.39, 0.29) is 0 Å². The van der Waals surface area contributed by atoms with Crippen LogP contribution in [-0.2, 0) is 6.54 Å². The van der Waals surface area contributed by atoms with Gasteiger partial charge in [0.25, 0.3) is 0 Å². The SMILES string of the molecule is CCC[n+]1cc2ccc(C(=C(c3ccc(OC)cc3)c3ccc(OC)cc3)c3ccccc3)cc2c(-c2ccccc2)c1-c1ccccc1.F[B-](F)(F)F. The van der Waals surface area contributed by atoms with E-state index < -0.39 is 7.25 Å². The highest BCUT2D eigenvalue weighted by molar-refractivity contribution is 6.50. The molecule has 0 N–H and O–H groups in total. The van der Waals surface area contributed by atoms with Crippen LogP contribution in [0.1, 0.15) is 35.6 Å². The van der Waals surface area contributed by atoms with Crippen LogP contribution in [0.5, 0.6) is 11.5 Å². The molecule has 0 atom stereocenters. The molecular formula is C46H40BF4NO2. The fraction of sp³-hybridized carbons (Fsp3) is 0.109. The molecule has 0 amide bonds. The van der Waals surface area contributed by atoms with Crippen LogP contribution >= 0.6 is 0 Å². The number of halogens is 4. The summed E-state index contributed by atoms with van der Waals surface area (Å²) < 4.78 is 52.6. The third-order valence-corrected chi connectivity index (χ3v) is 9.07. The third kappa shape index (κ3) is 8.89. The molecule has 0 spiro atoms. The van der Waals surface area contributed by atoms with E-state index >= 15 is 0 Å². The van der Waals surface area contributed by atoms with Crippen molar-refractivity contribution in [3.8, 4) is 33.9 Å². The average Bonchev–Trinajstić information content (AvgIpc) is 3.20. The Labute approximate surface area is 313 Å². The van der Waals surface area contributed by atoms with Crippen LogP contribution in [0, 0.1) is 0 Å². The molecule has 1 heterocycles. The van der Waals surface area contributed by atoms with E-state index in [1.165, 1.54) is 33.2 Å². The maximum Gasteiger partial charge on any atom is 0.673 e. The van der Waals surface area contributed by atoms with Crippen LogP contribution in [0.15, 0.2) is 164 Å². The number of fused-ring (bicyclic) bond motifs is 1. The van der Waals surface area contributed by atoms with Gasteiger partial charge in [0.2, 0.25) is 5.69 Å². The summed E-state index contributed by atoms with van der Waals surface area (Å²) in [6.45, 7) is 3.17. The van der Waals surface area contributed by atoms with Crippen LogP contribution in [0.2, 0.25) is 0 Å². The van der Waals surface area contributed by atoms with Gasteiger partial charge in [0.05, 0.1) is 19.8 Å². The van der Waals surface area contributed by atoms with Crippen molar-refractivity contribution in [2.24, 2.45) is 0 Å². The Hall–Kier alpha value is -6.15. The van der Waals surface area contributed by atoms with Gasteiger partial charge in [0.1, 0.15) is 18.0 Å². The lowest BCUT2D eigenvalue weighted by Gasteiger charge is -2.20. The quantitative estimate of drug-likeness (QED) is 0.0606. The van der Waals surface area contributed by atoms with Crippen LogP contribution in [0.4, 0.5) is 17.3 Å². The summed E-state index contributed by atoms with van der Waals surface area (Å²) in [6.07, 6.45) is 3.37. The predicted octanol–water partition coefficient (Wildman–Crippen LogP) is 12.2. The molecule has 7 rings (SSSR count). The molecule has 7 aromatic rings. The molecule has 0 unspecified atom stereocenters. The van der Waals surface area contributed by atoms with Crippen molar-refractivity contribution in [3.05, 3.63) is 186 Å². The van der Waals surface area contributed by atoms with E-state index in [1.807, 2.05) is 24.3 Å². The number of rotatable bonds is 10. The molecule has 0 saturated carbocycles. The Bertz CT molecular complexity index is 2270. The van der Waals surface area contributed by atoms with Gasteiger partial charge in [-0.05, 0) is 87.5 Å². The molecule has 0 fully saturated rings. The van der Waals surface area contributed by atoms with Crippen molar-refractivity contribution in [3.63, 3.8) is 0 Å². The molecule has 0 bridgehead atoms. The van der Waals surface area contributed by atoms with Gasteiger partial charge in [-0.1, -0.05) is 116 Å². The van der Waals surface area contributed by atoms with Gasteiger partial charge < -0.3 is 26.7 Å². The number of hydrogen-bond acceptors (Lipinski definition) is 2. The number of aromatic nitrogens is 1. The normalized spacial score (nSPS) is 11.0. The number of methoxy groups -OCH3 is 2. The first kappa shape index (κ1) is 37.6. The van der Waals surface area contributed by atoms with Gasteiger partial charge in [0, 0.05) is 22.8 Å². The zero-order valence-electron chi connectivity index (χ0n) is 30.4. The standard InChI is InChI=1S/C46H40NO2.BF4/c1-4-30-47-32-39-21-20-38(31-42(39)45(34-16-10-6-11-17-34)46(47)37-18-12-7-13-19-37)44(33-14-8-5-9-15-33)43(35-22-26-40(48-2)27-23-35)36-24-28-41(49-3)29-25-36;2-1(3,4)5/h5-29,31-32H,4,30H2,1-3H3;/q+1;-1. The van der Waals surface area contributed by atoms with Crippen molar-refractivity contribution in [2.75, 3.05) is 14.2 Å². The number of ether oxygens (including phenoxy) is 2. The van der Waals surface area contributed by atoms with Gasteiger partial charge >= 0.3 is 7.25 Å². The lowest BCUT2D eigenvalue weighted by Crippen LogP contribution is -2.36. The van der Waals surface area contributed by atoms with E-state index in [9.17, 15) is 17.3 Å². The molecule has 6 aromatic carbocycles.